The fourth-order valence-electron chi connectivity index (χ4n) is 1.53. The van der Waals surface area contributed by atoms with Gasteiger partial charge in [0.1, 0.15) is 0 Å². The van der Waals surface area contributed by atoms with E-state index in [0.717, 1.165) is 24.8 Å². The summed E-state index contributed by atoms with van der Waals surface area (Å²) in [6.07, 6.45) is 0. The Hall–Kier alpha value is -1.55. The SMILES string of the molecule is CC(C)CNCCn1nnnc1SCc1nnn(C)n1. The molecule has 0 aliphatic rings. The van der Waals surface area contributed by atoms with Crippen molar-refractivity contribution in [1.29, 1.82) is 0 Å². The zero-order valence-corrected chi connectivity index (χ0v) is 12.7. The number of hydrogen-bond donors (Lipinski definition) is 1. The summed E-state index contributed by atoms with van der Waals surface area (Å²) < 4.78 is 1.79. The predicted molar refractivity (Wildman–Crippen MR) is 73.9 cm³/mol. The summed E-state index contributed by atoms with van der Waals surface area (Å²) in [7, 11) is 1.74. The molecule has 0 atom stereocenters. The Balaban J connectivity index is 1.79. The van der Waals surface area contributed by atoms with E-state index in [1.165, 1.54) is 16.6 Å². The molecule has 0 bridgehead atoms. The van der Waals surface area contributed by atoms with Crippen LogP contribution in [0.25, 0.3) is 0 Å². The average Bonchev–Trinajstić information content (AvgIpc) is 3.01. The van der Waals surface area contributed by atoms with Crippen LogP contribution in [0.1, 0.15) is 19.7 Å². The Labute approximate surface area is 121 Å². The molecule has 0 aliphatic heterocycles. The molecule has 2 heterocycles. The van der Waals surface area contributed by atoms with Gasteiger partial charge in [-0.25, -0.2) is 4.68 Å². The minimum atomic E-state index is 0.605. The number of nitrogens with one attached hydrogen (secondary N) is 1. The molecule has 2 aromatic rings. The standard InChI is InChI=1S/C10H19N9S/c1-8(2)6-11-4-5-19-10(13-15-17-19)20-7-9-12-16-18(3)14-9/h8,11H,4-7H2,1-3H3. The first-order valence-electron chi connectivity index (χ1n) is 6.47. The second kappa shape index (κ2) is 7.29. The van der Waals surface area contributed by atoms with Crippen LogP contribution in [-0.2, 0) is 19.3 Å². The minimum Gasteiger partial charge on any atom is -0.315 e. The lowest BCUT2D eigenvalue weighted by Crippen LogP contribution is -2.24. The molecule has 2 aromatic heterocycles. The van der Waals surface area contributed by atoms with Gasteiger partial charge in [0, 0.05) is 6.54 Å². The first-order chi connectivity index (χ1) is 9.65. The normalized spacial score (nSPS) is 11.4. The lowest BCUT2D eigenvalue weighted by molar-refractivity contribution is 0.482. The zero-order chi connectivity index (χ0) is 14.4. The van der Waals surface area contributed by atoms with Crippen LogP contribution >= 0.6 is 11.8 Å². The highest BCUT2D eigenvalue weighted by atomic mass is 32.2. The van der Waals surface area contributed by atoms with E-state index in [0.29, 0.717) is 17.5 Å². The molecule has 1 N–H and O–H groups in total. The third-order valence-corrected chi connectivity index (χ3v) is 3.39. The second-order valence-electron chi connectivity index (χ2n) is 4.77. The predicted octanol–water partition coefficient (Wildman–Crippen LogP) is -0.265. The van der Waals surface area contributed by atoms with Crippen LogP contribution in [-0.4, -0.2) is 53.5 Å². The molecule has 0 fully saturated rings. The average molecular weight is 297 g/mol. The minimum absolute atomic E-state index is 0.605. The van der Waals surface area contributed by atoms with Gasteiger partial charge in [0.05, 0.1) is 19.3 Å². The van der Waals surface area contributed by atoms with Crippen LogP contribution in [0.5, 0.6) is 0 Å². The van der Waals surface area contributed by atoms with Gasteiger partial charge in [0.25, 0.3) is 0 Å². The number of nitrogens with zero attached hydrogens (tertiary/aromatic N) is 8. The van der Waals surface area contributed by atoms with E-state index >= 15 is 0 Å². The molecule has 0 aliphatic carbocycles. The van der Waals surface area contributed by atoms with Gasteiger partial charge in [-0.2, -0.15) is 4.80 Å². The van der Waals surface area contributed by atoms with Crippen molar-refractivity contribution in [2.24, 2.45) is 13.0 Å². The summed E-state index contributed by atoms with van der Waals surface area (Å²) in [5, 5.41) is 27.7. The Bertz CT molecular complexity index is 520. The summed E-state index contributed by atoms with van der Waals surface area (Å²) in [6, 6.07) is 0. The number of hydrogen-bond acceptors (Lipinski definition) is 8. The van der Waals surface area contributed by atoms with Crippen LogP contribution < -0.4 is 5.32 Å². The van der Waals surface area contributed by atoms with Gasteiger partial charge in [0.2, 0.25) is 5.16 Å². The molecule has 110 valence electrons. The quantitative estimate of drug-likeness (QED) is 0.525. The van der Waals surface area contributed by atoms with Gasteiger partial charge >= 0.3 is 0 Å². The Morgan fingerprint density at radius 1 is 1.25 bits per heavy atom. The third-order valence-electron chi connectivity index (χ3n) is 2.43. The summed E-state index contributed by atoms with van der Waals surface area (Å²) in [4.78, 5) is 1.44. The Morgan fingerprint density at radius 3 is 2.80 bits per heavy atom. The Kier molecular flexibility index (Phi) is 5.41. The summed E-state index contributed by atoms with van der Waals surface area (Å²) >= 11 is 1.51. The van der Waals surface area contributed by atoms with E-state index in [4.69, 9.17) is 0 Å². The molecule has 20 heavy (non-hydrogen) atoms. The Morgan fingerprint density at radius 2 is 2.10 bits per heavy atom. The van der Waals surface area contributed by atoms with Crippen molar-refractivity contribution in [2.75, 3.05) is 13.1 Å². The fourth-order valence-corrected chi connectivity index (χ4v) is 2.27. The van der Waals surface area contributed by atoms with Gasteiger partial charge in [-0.3, -0.25) is 0 Å². The third kappa shape index (κ3) is 4.53. The molecule has 0 spiro atoms. The molecular weight excluding hydrogens is 278 g/mol. The van der Waals surface area contributed by atoms with E-state index < -0.39 is 0 Å². The summed E-state index contributed by atoms with van der Waals surface area (Å²) in [5.41, 5.74) is 0. The van der Waals surface area contributed by atoms with E-state index in [-0.39, 0.29) is 0 Å². The fraction of sp³-hybridized carbons (Fsp3) is 0.800. The first kappa shape index (κ1) is 14.9. The molecule has 0 amide bonds. The maximum absolute atomic E-state index is 4.12. The van der Waals surface area contributed by atoms with Crippen molar-refractivity contribution < 1.29 is 0 Å². The van der Waals surface area contributed by atoms with Crippen molar-refractivity contribution in [3.05, 3.63) is 5.82 Å². The van der Waals surface area contributed by atoms with Crippen LogP contribution in [0, 0.1) is 5.92 Å². The summed E-state index contributed by atoms with van der Waals surface area (Å²) in [5.74, 6) is 1.92. The maximum Gasteiger partial charge on any atom is 0.209 e. The zero-order valence-electron chi connectivity index (χ0n) is 11.9. The molecule has 0 aromatic carbocycles. The number of rotatable bonds is 8. The number of tetrazole rings is 2. The van der Waals surface area contributed by atoms with E-state index in [1.807, 2.05) is 0 Å². The van der Waals surface area contributed by atoms with Crippen molar-refractivity contribution >= 4 is 11.8 Å². The van der Waals surface area contributed by atoms with Crippen molar-refractivity contribution in [2.45, 2.75) is 31.3 Å². The number of thioether (sulfide) groups is 1. The van der Waals surface area contributed by atoms with Crippen molar-refractivity contribution in [3.8, 4) is 0 Å². The van der Waals surface area contributed by atoms with Crippen LogP contribution in [0.15, 0.2) is 5.16 Å². The number of aryl methyl sites for hydroxylation is 1. The van der Waals surface area contributed by atoms with Crippen LogP contribution in [0.4, 0.5) is 0 Å². The van der Waals surface area contributed by atoms with Gasteiger partial charge < -0.3 is 5.32 Å². The maximum atomic E-state index is 4.12. The topological polar surface area (TPSA) is 99.2 Å². The van der Waals surface area contributed by atoms with Gasteiger partial charge in [-0.05, 0) is 28.1 Å². The highest BCUT2D eigenvalue weighted by Gasteiger charge is 2.09. The van der Waals surface area contributed by atoms with Gasteiger partial charge in [-0.15, -0.1) is 15.3 Å². The lowest BCUT2D eigenvalue weighted by atomic mass is 10.2. The molecule has 0 unspecified atom stereocenters. The molecule has 0 radical (unpaired) electrons. The van der Waals surface area contributed by atoms with Crippen molar-refractivity contribution in [1.82, 2.24) is 45.7 Å². The molecule has 0 saturated heterocycles. The lowest BCUT2D eigenvalue weighted by Gasteiger charge is -2.07. The van der Waals surface area contributed by atoms with Crippen molar-refractivity contribution in [3.63, 3.8) is 0 Å². The highest BCUT2D eigenvalue weighted by Crippen LogP contribution is 2.16. The van der Waals surface area contributed by atoms with E-state index in [2.05, 4.69) is 50.1 Å². The van der Waals surface area contributed by atoms with Crippen LogP contribution in [0.3, 0.4) is 0 Å². The van der Waals surface area contributed by atoms with Crippen LogP contribution in [0.2, 0.25) is 0 Å². The molecular formula is C10H19N9S. The molecule has 9 nitrogen and oxygen atoms in total. The summed E-state index contributed by atoms with van der Waals surface area (Å²) in [6.45, 7) is 6.95. The van der Waals surface area contributed by atoms with E-state index in [9.17, 15) is 0 Å². The molecule has 2 rings (SSSR count). The smallest absolute Gasteiger partial charge is 0.209 e. The first-order valence-corrected chi connectivity index (χ1v) is 7.46. The molecule has 10 heteroatoms. The second-order valence-corrected chi connectivity index (χ2v) is 5.71. The number of aromatic nitrogens is 8. The molecule has 0 saturated carbocycles. The van der Waals surface area contributed by atoms with Gasteiger partial charge in [0.15, 0.2) is 5.82 Å². The van der Waals surface area contributed by atoms with E-state index in [1.54, 1.807) is 11.7 Å². The highest BCUT2D eigenvalue weighted by molar-refractivity contribution is 7.98. The van der Waals surface area contributed by atoms with Gasteiger partial charge in [-0.1, -0.05) is 25.6 Å². The largest absolute Gasteiger partial charge is 0.315 e. The monoisotopic (exact) mass is 297 g/mol.